The van der Waals surface area contributed by atoms with Crippen molar-refractivity contribution in [3.63, 3.8) is 0 Å². The third-order valence-electron chi connectivity index (χ3n) is 2.46. The summed E-state index contributed by atoms with van der Waals surface area (Å²) in [7, 11) is 0. The fraction of sp³-hybridized carbons (Fsp3) is 1.00. The molecule has 13 heavy (non-hydrogen) atoms. The van der Waals surface area contributed by atoms with Crippen molar-refractivity contribution in [1.82, 2.24) is 5.32 Å². The molecule has 1 heteroatoms. The van der Waals surface area contributed by atoms with E-state index in [-0.39, 0.29) is 0 Å². The van der Waals surface area contributed by atoms with Crippen LogP contribution in [0.25, 0.3) is 0 Å². The van der Waals surface area contributed by atoms with Crippen LogP contribution in [0.15, 0.2) is 0 Å². The summed E-state index contributed by atoms with van der Waals surface area (Å²) in [6.45, 7) is 12.6. The molecular formula is C12H27N. The molecule has 0 saturated heterocycles. The lowest BCUT2D eigenvalue weighted by atomic mass is 9.98. The molecule has 1 nitrogen and oxygen atoms in total. The molecule has 0 heterocycles. The quantitative estimate of drug-likeness (QED) is 0.640. The Kier molecular flexibility index (Phi) is 7.35. The van der Waals surface area contributed by atoms with Crippen LogP contribution in [-0.2, 0) is 0 Å². The fourth-order valence-electron chi connectivity index (χ4n) is 1.48. The zero-order chi connectivity index (χ0) is 10.3. The Hall–Kier alpha value is -0.0400. The van der Waals surface area contributed by atoms with Crippen molar-refractivity contribution < 1.29 is 0 Å². The van der Waals surface area contributed by atoms with Crippen LogP contribution in [0.1, 0.15) is 53.9 Å². The van der Waals surface area contributed by atoms with E-state index in [9.17, 15) is 0 Å². The average Bonchev–Trinajstić information content (AvgIpc) is 2.03. The van der Waals surface area contributed by atoms with E-state index in [1.165, 1.54) is 19.3 Å². The predicted octanol–water partition coefficient (Wildman–Crippen LogP) is 3.45. The average molecular weight is 185 g/mol. The number of rotatable bonds is 7. The van der Waals surface area contributed by atoms with Crippen LogP contribution >= 0.6 is 0 Å². The van der Waals surface area contributed by atoms with Gasteiger partial charge in [-0.2, -0.15) is 0 Å². The van der Waals surface area contributed by atoms with Crippen LogP contribution in [0.3, 0.4) is 0 Å². The van der Waals surface area contributed by atoms with Crippen molar-refractivity contribution in [1.29, 1.82) is 0 Å². The molecule has 1 unspecified atom stereocenters. The molecule has 0 aromatic carbocycles. The standard InChI is InChI=1S/C12H27N/c1-6-7-8-12(11(4)5)13-9-10(2)3/h10-13H,6-9H2,1-5H3. The molecule has 1 atom stereocenters. The van der Waals surface area contributed by atoms with E-state index in [1.54, 1.807) is 0 Å². The number of hydrogen-bond donors (Lipinski definition) is 1. The van der Waals surface area contributed by atoms with Gasteiger partial charge in [0.05, 0.1) is 0 Å². The molecule has 0 aromatic heterocycles. The molecule has 0 bridgehead atoms. The normalized spacial score (nSPS) is 14.1. The summed E-state index contributed by atoms with van der Waals surface area (Å²) >= 11 is 0. The topological polar surface area (TPSA) is 12.0 Å². The van der Waals surface area contributed by atoms with Gasteiger partial charge in [0, 0.05) is 6.04 Å². The lowest BCUT2D eigenvalue weighted by Crippen LogP contribution is -2.36. The maximum Gasteiger partial charge on any atom is 0.00901 e. The second kappa shape index (κ2) is 7.37. The first-order chi connectivity index (χ1) is 6.07. The summed E-state index contributed by atoms with van der Waals surface area (Å²) in [4.78, 5) is 0. The van der Waals surface area contributed by atoms with Gasteiger partial charge in [0.15, 0.2) is 0 Å². The Morgan fingerprint density at radius 1 is 1.08 bits per heavy atom. The molecule has 0 radical (unpaired) electrons. The van der Waals surface area contributed by atoms with Gasteiger partial charge < -0.3 is 5.32 Å². The van der Waals surface area contributed by atoms with E-state index >= 15 is 0 Å². The molecule has 0 aliphatic heterocycles. The highest BCUT2D eigenvalue weighted by molar-refractivity contribution is 4.70. The molecule has 0 amide bonds. The van der Waals surface area contributed by atoms with Crippen LogP contribution in [0.5, 0.6) is 0 Å². The van der Waals surface area contributed by atoms with Crippen molar-refractivity contribution in [3.05, 3.63) is 0 Å². The third kappa shape index (κ3) is 7.06. The number of nitrogens with one attached hydrogen (secondary N) is 1. The van der Waals surface area contributed by atoms with Crippen molar-refractivity contribution in [2.45, 2.75) is 59.9 Å². The van der Waals surface area contributed by atoms with Crippen molar-refractivity contribution >= 4 is 0 Å². The van der Waals surface area contributed by atoms with E-state index < -0.39 is 0 Å². The van der Waals surface area contributed by atoms with E-state index in [0.717, 1.165) is 24.4 Å². The Labute approximate surface area is 84.3 Å². The van der Waals surface area contributed by atoms with Crippen LogP contribution in [0, 0.1) is 11.8 Å². The molecular weight excluding hydrogens is 158 g/mol. The molecule has 0 fully saturated rings. The van der Waals surface area contributed by atoms with Gasteiger partial charge in [0.2, 0.25) is 0 Å². The van der Waals surface area contributed by atoms with Gasteiger partial charge in [-0.15, -0.1) is 0 Å². The lowest BCUT2D eigenvalue weighted by Gasteiger charge is -2.23. The van der Waals surface area contributed by atoms with E-state index in [1.807, 2.05) is 0 Å². The summed E-state index contributed by atoms with van der Waals surface area (Å²) in [6.07, 6.45) is 4.00. The molecule has 0 spiro atoms. The van der Waals surface area contributed by atoms with E-state index in [0.29, 0.717) is 0 Å². The van der Waals surface area contributed by atoms with Gasteiger partial charge in [0.1, 0.15) is 0 Å². The highest BCUT2D eigenvalue weighted by Crippen LogP contribution is 2.10. The highest BCUT2D eigenvalue weighted by Gasteiger charge is 2.11. The number of unbranched alkanes of at least 4 members (excludes halogenated alkanes) is 1. The zero-order valence-corrected chi connectivity index (χ0v) is 10.1. The first-order valence-electron chi connectivity index (χ1n) is 5.81. The summed E-state index contributed by atoms with van der Waals surface area (Å²) in [5.74, 6) is 1.54. The molecule has 0 rings (SSSR count). The molecule has 0 aliphatic carbocycles. The van der Waals surface area contributed by atoms with Crippen molar-refractivity contribution in [2.75, 3.05) is 6.54 Å². The smallest absolute Gasteiger partial charge is 0.00901 e. The Bertz CT molecular complexity index is 108. The van der Waals surface area contributed by atoms with Crippen LogP contribution in [0.4, 0.5) is 0 Å². The fourth-order valence-corrected chi connectivity index (χ4v) is 1.48. The number of hydrogen-bond acceptors (Lipinski definition) is 1. The zero-order valence-electron chi connectivity index (χ0n) is 10.1. The summed E-state index contributed by atoms with van der Waals surface area (Å²) < 4.78 is 0. The van der Waals surface area contributed by atoms with E-state index in [4.69, 9.17) is 0 Å². The maximum absolute atomic E-state index is 3.65. The van der Waals surface area contributed by atoms with Gasteiger partial charge >= 0.3 is 0 Å². The second-order valence-electron chi connectivity index (χ2n) is 4.79. The Morgan fingerprint density at radius 3 is 2.08 bits per heavy atom. The highest BCUT2D eigenvalue weighted by atomic mass is 14.9. The van der Waals surface area contributed by atoms with Crippen molar-refractivity contribution in [3.8, 4) is 0 Å². The first kappa shape index (κ1) is 13.0. The SMILES string of the molecule is CCCCC(NCC(C)C)C(C)C. The van der Waals surface area contributed by atoms with Gasteiger partial charge in [-0.25, -0.2) is 0 Å². The minimum atomic E-state index is 0.724. The maximum atomic E-state index is 3.65. The molecule has 0 aliphatic rings. The largest absolute Gasteiger partial charge is 0.313 e. The van der Waals surface area contributed by atoms with Gasteiger partial charge in [0.25, 0.3) is 0 Å². The summed E-state index contributed by atoms with van der Waals surface area (Å²) in [6, 6.07) is 0.724. The molecule has 0 aromatic rings. The van der Waals surface area contributed by atoms with Gasteiger partial charge in [-0.1, -0.05) is 47.5 Å². The Morgan fingerprint density at radius 2 is 1.69 bits per heavy atom. The molecule has 80 valence electrons. The predicted molar refractivity (Wildman–Crippen MR) is 61.0 cm³/mol. The van der Waals surface area contributed by atoms with Gasteiger partial charge in [-0.3, -0.25) is 0 Å². The molecule has 1 N–H and O–H groups in total. The van der Waals surface area contributed by atoms with Crippen LogP contribution < -0.4 is 5.32 Å². The minimum Gasteiger partial charge on any atom is -0.313 e. The minimum absolute atomic E-state index is 0.724. The summed E-state index contributed by atoms with van der Waals surface area (Å²) in [5.41, 5.74) is 0. The van der Waals surface area contributed by atoms with E-state index in [2.05, 4.69) is 39.9 Å². The Balaban J connectivity index is 3.67. The first-order valence-corrected chi connectivity index (χ1v) is 5.81. The monoisotopic (exact) mass is 185 g/mol. The van der Waals surface area contributed by atoms with Gasteiger partial charge in [-0.05, 0) is 24.8 Å². The van der Waals surface area contributed by atoms with Crippen LogP contribution in [-0.4, -0.2) is 12.6 Å². The molecule has 0 saturated carbocycles. The summed E-state index contributed by atoms with van der Waals surface area (Å²) in [5, 5.41) is 3.65. The third-order valence-corrected chi connectivity index (χ3v) is 2.46. The van der Waals surface area contributed by atoms with Crippen molar-refractivity contribution in [2.24, 2.45) is 11.8 Å². The van der Waals surface area contributed by atoms with Crippen LogP contribution in [0.2, 0.25) is 0 Å². The second-order valence-corrected chi connectivity index (χ2v) is 4.79. The lowest BCUT2D eigenvalue weighted by molar-refractivity contribution is 0.351.